The standard InChI is InChI=1S/C18H15O3P.C7H9O3P/c1-4-10-16(11-5-1)19-22(20-17-12-6-2-7-13-17)21-18-14-8-3-9-15-18;8-7(11(9)10)6-4-2-1-3-5-6/h1-15H;1-5,7-8,11H,(H,9,10). The quantitative estimate of drug-likeness (QED) is 0.276. The van der Waals surface area contributed by atoms with Crippen molar-refractivity contribution in [1.82, 2.24) is 0 Å². The predicted molar refractivity (Wildman–Crippen MR) is 131 cm³/mol. The molecule has 33 heavy (non-hydrogen) atoms. The zero-order chi connectivity index (χ0) is 23.3. The third-order valence-electron chi connectivity index (χ3n) is 4.12. The molecule has 0 spiro atoms. The molecule has 4 aromatic rings. The van der Waals surface area contributed by atoms with Crippen LogP contribution in [0.1, 0.15) is 11.4 Å². The molecule has 0 saturated heterocycles. The molecule has 0 bridgehead atoms. The van der Waals surface area contributed by atoms with E-state index in [1.165, 1.54) is 0 Å². The second-order valence-corrected chi connectivity index (χ2v) is 8.81. The van der Waals surface area contributed by atoms with Crippen molar-refractivity contribution in [3.05, 3.63) is 127 Å². The van der Waals surface area contributed by atoms with Crippen LogP contribution in [-0.2, 0) is 4.57 Å². The van der Waals surface area contributed by atoms with E-state index in [0.29, 0.717) is 22.8 Å². The summed E-state index contributed by atoms with van der Waals surface area (Å²) in [6.07, 6.45) is 0. The minimum atomic E-state index is -2.86. The Morgan fingerprint density at radius 2 is 0.879 bits per heavy atom. The maximum absolute atomic E-state index is 10.4. The first-order chi connectivity index (χ1) is 16.1. The van der Waals surface area contributed by atoms with Crippen molar-refractivity contribution in [3.8, 4) is 17.2 Å². The van der Waals surface area contributed by atoms with E-state index < -0.39 is 22.5 Å². The maximum Gasteiger partial charge on any atom is 0.530 e. The van der Waals surface area contributed by atoms with E-state index in [2.05, 4.69) is 0 Å². The van der Waals surface area contributed by atoms with Gasteiger partial charge in [-0.2, -0.15) is 0 Å². The van der Waals surface area contributed by atoms with Gasteiger partial charge >= 0.3 is 8.60 Å². The smallest absolute Gasteiger partial charge is 0.409 e. The molecule has 0 aromatic heterocycles. The largest absolute Gasteiger partial charge is 0.530 e. The third-order valence-corrected chi connectivity index (χ3v) is 6.00. The third kappa shape index (κ3) is 8.72. The van der Waals surface area contributed by atoms with Crippen LogP contribution in [0.3, 0.4) is 0 Å². The summed E-state index contributed by atoms with van der Waals surface area (Å²) in [5.74, 6) is 0.905. The summed E-state index contributed by atoms with van der Waals surface area (Å²) in [6.45, 7) is 0. The number of hydrogen-bond donors (Lipinski definition) is 2. The van der Waals surface area contributed by atoms with Gasteiger partial charge in [0.25, 0.3) is 0 Å². The van der Waals surface area contributed by atoms with E-state index in [-0.39, 0.29) is 0 Å². The first kappa shape index (κ1) is 24.5. The summed E-state index contributed by atoms with van der Waals surface area (Å²) in [4.78, 5) is 8.57. The van der Waals surface area contributed by atoms with E-state index in [1.54, 1.807) is 30.3 Å². The Hall–Kier alpha value is -3.14. The Bertz CT molecular complexity index is 984. The Balaban J connectivity index is 0.000000235. The average molecular weight is 482 g/mol. The monoisotopic (exact) mass is 482 g/mol. The fourth-order valence-electron chi connectivity index (χ4n) is 2.54. The summed E-state index contributed by atoms with van der Waals surface area (Å²) >= 11 is 0. The zero-order valence-electron chi connectivity index (χ0n) is 17.6. The van der Waals surface area contributed by atoms with Crippen LogP contribution in [0.15, 0.2) is 121 Å². The summed E-state index contributed by atoms with van der Waals surface area (Å²) in [6, 6.07) is 36.9. The first-order valence-electron chi connectivity index (χ1n) is 10.1. The van der Waals surface area contributed by atoms with Gasteiger partial charge < -0.3 is 23.6 Å². The number of rotatable bonds is 8. The molecule has 0 heterocycles. The summed E-state index contributed by atoms with van der Waals surface area (Å²) in [5, 5.41) is 9.08. The molecule has 8 heteroatoms. The van der Waals surface area contributed by atoms with Crippen molar-refractivity contribution in [3.63, 3.8) is 0 Å². The van der Waals surface area contributed by atoms with Crippen molar-refractivity contribution < 1.29 is 28.1 Å². The number of aliphatic hydroxyl groups is 1. The van der Waals surface area contributed by atoms with Crippen LogP contribution in [0.25, 0.3) is 0 Å². The van der Waals surface area contributed by atoms with Gasteiger partial charge in [-0.3, -0.25) is 4.57 Å². The molecule has 0 amide bonds. The molecule has 170 valence electrons. The van der Waals surface area contributed by atoms with E-state index in [4.69, 9.17) is 23.6 Å². The Kier molecular flexibility index (Phi) is 9.96. The Labute approximate surface area is 194 Å². The summed E-state index contributed by atoms with van der Waals surface area (Å²) < 4.78 is 28.0. The van der Waals surface area contributed by atoms with E-state index in [0.717, 1.165) is 0 Å². The molecule has 0 saturated carbocycles. The van der Waals surface area contributed by atoms with Gasteiger partial charge in [-0.25, -0.2) is 0 Å². The minimum absolute atomic E-state index is 0.485. The van der Waals surface area contributed by atoms with E-state index in [1.807, 2.05) is 91.0 Å². The summed E-state index contributed by atoms with van der Waals surface area (Å²) in [7, 11) is -4.45. The highest BCUT2D eigenvalue weighted by atomic mass is 31.2. The molecular weight excluding hydrogens is 458 g/mol. The molecule has 0 aliphatic carbocycles. The van der Waals surface area contributed by atoms with Crippen LogP contribution >= 0.6 is 16.6 Å². The molecule has 0 aliphatic rings. The van der Waals surface area contributed by atoms with E-state index in [9.17, 15) is 4.57 Å². The molecule has 6 nitrogen and oxygen atoms in total. The number of aliphatic hydroxyl groups excluding tert-OH is 1. The normalized spacial score (nSPS) is 12.1. The van der Waals surface area contributed by atoms with Gasteiger partial charge in [-0.1, -0.05) is 84.9 Å². The Morgan fingerprint density at radius 1 is 0.576 bits per heavy atom. The van der Waals surface area contributed by atoms with Crippen LogP contribution in [0, 0.1) is 0 Å². The van der Waals surface area contributed by atoms with Crippen LogP contribution in [0.4, 0.5) is 0 Å². The highest BCUT2D eigenvalue weighted by Gasteiger charge is 2.19. The highest BCUT2D eigenvalue weighted by molar-refractivity contribution is 7.43. The molecule has 2 N–H and O–H groups in total. The lowest BCUT2D eigenvalue weighted by atomic mass is 10.2. The lowest BCUT2D eigenvalue weighted by Crippen LogP contribution is -2.02. The Morgan fingerprint density at radius 3 is 1.18 bits per heavy atom. The number of benzene rings is 4. The van der Waals surface area contributed by atoms with Crippen molar-refractivity contribution in [2.45, 2.75) is 5.85 Å². The van der Waals surface area contributed by atoms with Gasteiger partial charge in [-0.05, 0) is 42.0 Å². The molecular formula is C25H24O6P2. The maximum atomic E-state index is 10.4. The van der Waals surface area contributed by atoms with Gasteiger partial charge in [0.2, 0.25) is 8.03 Å². The van der Waals surface area contributed by atoms with Crippen molar-refractivity contribution in [1.29, 1.82) is 0 Å². The SMILES string of the molecule is O=[PH](O)C(O)c1ccccc1.c1ccc(OP(Oc2ccccc2)Oc2ccccc2)cc1. The van der Waals surface area contributed by atoms with Gasteiger partial charge in [-0.15, -0.1) is 0 Å². The van der Waals surface area contributed by atoms with Crippen molar-refractivity contribution >= 4 is 16.6 Å². The van der Waals surface area contributed by atoms with Crippen LogP contribution in [-0.4, -0.2) is 10.00 Å². The average Bonchev–Trinajstić information content (AvgIpc) is 2.86. The van der Waals surface area contributed by atoms with Gasteiger partial charge in [0.05, 0.1) is 0 Å². The van der Waals surface area contributed by atoms with Crippen molar-refractivity contribution in [2.75, 3.05) is 0 Å². The second-order valence-electron chi connectivity index (χ2n) is 6.59. The van der Waals surface area contributed by atoms with Gasteiger partial charge in [0, 0.05) is 0 Å². The van der Waals surface area contributed by atoms with Crippen molar-refractivity contribution in [2.24, 2.45) is 0 Å². The lowest BCUT2D eigenvalue weighted by molar-refractivity contribution is 0.243. The fourth-order valence-corrected chi connectivity index (χ4v) is 4.01. The zero-order valence-corrected chi connectivity index (χ0v) is 19.5. The first-order valence-corrected chi connectivity index (χ1v) is 12.6. The molecule has 0 aliphatic heterocycles. The second kappa shape index (κ2) is 13.4. The van der Waals surface area contributed by atoms with E-state index >= 15 is 0 Å². The van der Waals surface area contributed by atoms with Gasteiger partial charge in [0.1, 0.15) is 17.2 Å². The van der Waals surface area contributed by atoms with Crippen LogP contribution in [0.5, 0.6) is 17.2 Å². The minimum Gasteiger partial charge on any atom is -0.409 e. The highest BCUT2D eigenvalue weighted by Crippen LogP contribution is 2.42. The molecule has 2 unspecified atom stereocenters. The van der Waals surface area contributed by atoms with Gasteiger partial charge in [0.15, 0.2) is 5.85 Å². The molecule has 4 rings (SSSR count). The topological polar surface area (TPSA) is 85.2 Å². The lowest BCUT2D eigenvalue weighted by Gasteiger charge is -2.17. The molecule has 4 aromatic carbocycles. The van der Waals surface area contributed by atoms with Crippen LogP contribution < -0.4 is 13.6 Å². The summed E-state index contributed by atoms with van der Waals surface area (Å²) in [5.41, 5.74) is 0.485. The predicted octanol–water partition coefficient (Wildman–Crippen LogP) is 6.59. The fraction of sp³-hybridized carbons (Fsp3) is 0.0400. The number of hydrogen-bond acceptors (Lipinski definition) is 5. The molecule has 0 radical (unpaired) electrons. The van der Waals surface area contributed by atoms with Crippen LogP contribution in [0.2, 0.25) is 0 Å². The number of para-hydroxylation sites is 3. The molecule has 0 fully saturated rings. The molecule has 2 atom stereocenters.